The van der Waals surface area contributed by atoms with Crippen LogP contribution < -0.4 is 0 Å². The quantitative estimate of drug-likeness (QED) is 0.173. The minimum Gasteiger partial charge on any atom is -0.506 e. The van der Waals surface area contributed by atoms with Crippen LogP contribution in [0.5, 0.6) is 5.75 Å². The predicted molar refractivity (Wildman–Crippen MR) is 660 cm³/mol. The fourth-order valence-corrected chi connectivity index (χ4v) is 22.9. The molecule has 0 radical (unpaired) electrons. The van der Waals surface area contributed by atoms with Gasteiger partial charge in [-0.25, -0.2) is 9.37 Å². The molecule has 0 saturated carbocycles. The number of aromatic hydroxyl groups is 1. The van der Waals surface area contributed by atoms with E-state index in [4.69, 9.17) is 121 Å². The number of phenols is 1. The molecule has 23 rings (SSSR count). The Morgan fingerprint density at radius 3 is 1.37 bits per heavy atom. The molecule has 0 aliphatic heterocycles. The zero-order valence-electron chi connectivity index (χ0n) is 82.1. The molecule has 9 heterocycles. The summed E-state index contributed by atoms with van der Waals surface area (Å²) in [7, 11) is 0. The van der Waals surface area contributed by atoms with E-state index >= 15 is 0 Å². The van der Waals surface area contributed by atoms with Gasteiger partial charge in [-0.2, -0.15) is 0 Å². The van der Waals surface area contributed by atoms with Gasteiger partial charge in [-0.15, -0.1) is 79.4 Å². The number of thiophene rings is 7. The van der Waals surface area contributed by atoms with Crippen molar-refractivity contribution in [1.82, 2.24) is 9.97 Å². The van der Waals surface area contributed by atoms with Crippen LogP contribution in [0, 0.1) is 82.0 Å². The number of aryl methyl sites for hydroxylation is 11. The summed E-state index contributed by atoms with van der Waals surface area (Å²) in [6.07, 6.45) is 11.9. The van der Waals surface area contributed by atoms with E-state index in [1.165, 1.54) is 157 Å². The van der Waals surface area contributed by atoms with Gasteiger partial charge in [0.15, 0.2) is 0 Å². The average molecular weight is 2310 g/mol. The monoisotopic (exact) mass is 2300 g/mol. The summed E-state index contributed by atoms with van der Waals surface area (Å²) in [5.41, 5.74) is 11.9. The molecule has 0 aliphatic carbocycles. The molecule has 9 aromatic heterocycles. The van der Waals surface area contributed by atoms with Gasteiger partial charge in [-0.1, -0.05) is 324 Å². The molecule has 22 heteroatoms. The lowest BCUT2D eigenvalue weighted by molar-refractivity contribution is 0.475. The summed E-state index contributed by atoms with van der Waals surface area (Å²) in [6.45, 7) is 29.0. The highest BCUT2D eigenvalue weighted by molar-refractivity contribution is 9.10. The number of phenolic OH excluding ortho intramolecular Hbond substituents is 1. The van der Waals surface area contributed by atoms with Crippen LogP contribution in [0.25, 0.3) is 122 Å². The highest BCUT2D eigenvalue weighted by Gasteiger charge is 2.09. The van der Waals surface area contributed by atoms with Crippen molar-refractivity contribution < 1.29 is 9.50 Å². The molecule has 0 saturated heterocycles. The average Bonchev–Trinajstić information content (AvgIpc) is 1.66. The van der Waals surface area contributed by atoms with Crippen LogP contribution in [0.3, 0.4) is 0 Å². The molecular formula is C123H106BrCl10FN2OS7. The van der Waals surface area contributed by atoms with E-state index in [1.807, 2.05) is 234 Å². The molecule has 0 fully saturated rings. The summed E-state index contributed by atoms with van der Waals surface area (Å²) in [5, 5.41) is 29.7. The normalized spacial score (nSPS) is 10.6. The van der Waals surface area contributed by atoms with Gasteiger partial charge < -0.3 is 10.1 Å². The van der Waals surface area contributed by atoms with E-state index in [1.54, 1.807) is 92.3 Å². The van der Waals surface area contributed by atoms with Gasteiger partial charge >= 0.3 is 0 Å². The van der Waals surface area contributed by atoms with Crippen molar-refractivity contribution in [2.24, 2.45) is 0 Å². The zero-order chi connectivity index (χ0) is 104. The summed E-state index contributed by atoms with van der Waals surface area (Å²) >= 11 is 73.4. The van der Waals surface area contributed by atoms with Crippen molar-refractivity contribution in [3.8, 4) is 15.5 Å². The van der Waals surface area contributed by atoms with Crippen LogP contribution in [-0.2, 0) is 0 Å². The van der Waals surface area contributed by atoms with E-state index in [2.05, 4.69) is 246 Å². The van der Waals surface area contributed by atoms with Crippen LogP contribution in [0.1, 0.15) is 94.7 Å². The molecule has 23 aromatic rings. The topological polar surface area (TPSA) is 48.9 Å². The SMILES string of the molecule is C/C=C/c1ccc(Cl)c(O)c1.C/C=C/c1ccc(Cl)cc1.C/C=C/c1ccc(Cl)s1.Cc1cc2cc(Cl)ccc2[nH]1.Cc1cc2cc(Cl)ccc2s1.Cc1cc2ccc(Cl)cc2s1.Cc1cc2nc(Cl)ccc2s1.Cc1ccc(-c2ccc(Cl)s2)s1.Cc1ccc2cc(Br)ccc2c1.Cc1ccc2cc(Cl)ccc2c1.Cc1ccc2cc(F)ccc2c1.Cc1ccc2ccccc2c1.Cc1sc2ccc(Cl)cc2c1C. The Bertz CT molecular complexity index is 7610. The van der Waals surface area contributed by atoms with Crippen molar-refractivity contribution in [2.45, 2.75) is 96.9 Å². The van der Waals surface area contributed by atoms with E-state index in [0.29, 0.717) is 10.2 Å². The molecule has 0 spiro atoms. The van der Waals surface area contributed by atoms with Gasteiger partial charge in [-0.3, -0.25) is 0 Å². The third kappa shape index (κ3) is 38.0. The lowest BCUT2D eigenvalue weighted by atomic mass is 10.1. The largest absolute Gasteiger partial charge is 0.506 e. The van der Waals surface area contributed by atoms with Crippen LogP contribution in [0.2, 0.25) is 49.0 Å². The Hall–Kier alpha value is -9.92. The number of benzene rings is 14. The first-order valence-electron chi connectivity index (χ1n) is 45.9. The minimum atomic E-state index is -0.175. The second-order valence-corrected chi connectivity index (χ2v) is 47.5. The van der Waals surface area contributed by atoms with Crippen molar-refractivity contribution in [2.75, 3.05) is 0 Å². The van der Waals surface area contributed by atoms with Crippen LogP contribution in [0.4, 0.5) is 4.39 Å². The zero-order valence-corrected chi connectivity index (χ0v) is 96.9. The Morgan fingerprint density at radius 2 is 0.766 bits per heavy atom. The van der Waals surface area contributed by atoms with Crippen molar-refractivity contribution in [1.29, 1.82) is 0 Å². The third-order valence-electron chi connectivity index (χ3n) is 21.3. The maximum atomic E-state index is 12.7. The van der Waals surface area contributed by atoms with Crippen LogP contribution >= 0.6 is 211 Å². The summed E-state index contributed by atoms with van der Waals surface area (Å²) in [4.78, 5) is 17.8. The number of halogens is 12. The number of allylic oxidation sites excluding steroid dienone is 3. The number of rotatable bonds is 4. The van der Waals surface area contributed by atoms with Crippen LogP contribution in [0.15, 0.2) is 362 Å². The first-order chi connectivity index (χ1) is 69.5. The molecule has 2 N–H and O–H groups in total. The number of fused-ring (bicyclic) bond motifs is 9. The van der Waals surface area contributed by atoms with Gasteiger partial charge in [-0.05, 0) is 379 Å². The second-order valence-electron chi connectivity index (χ2n) is 33.3. The van der Waals surface area contributed by atoms with Crippen molar-refractivity contribution in [3.63, 3.8) is 0 Å². The lowest BCUT2D eigenvalue weighted by Gasteiger charge is -1.99. The van der Waals surface area contributed by atoms with E-state index in [0.717, 1.165) is 70.7 Å². The Morgan fingerprint density at radius 1 is 0.310 bits per heavy atom. The van der Waals surface area contributed by atoms with Gasteiger partial charge in [0.2, 0.25) is 0 Å². The van der Waals surface area contributed by atoms with Gasteiger partial charge in [0.05, 0.1) is 23.9 Å². The number of H-pyrrole nitrogens is 1. The number of aromatic nitrogens is 2. The molecule has 145 heavy (non-hydrogen) atoms. The van der Waals surface area contributed by atoms with Crippen molar-refractivity contribution in [3.05, 3.63) is 491 Å². The molecule has 3 nitrogen and oxygen atoms in total. The molecule has 0 aliphatic rings. The fraction of sp³-hybridized carbons (Fsp3) is 0.114. The highest BCUT2D eigenvalue weighted by Crippen LogP contribution is 2.38. The van der Waals surface area contributed by atoms with E-state index in [-0.39, 0.29) is 11.6 Å². The summed E-state index contributed by atoms with van der Waals surface area (Å²) in [5.74, 6) is -0.0476. The van der Waals surface area contributed by atoms with Crippen LogP contribution in [-0.4, -0.2) is 15.1 Å². The Balaban J connectivity index is 0.000000150. The first-order valence-corrected chi connectivity index (χ1v) is 56.1. The van der Waals surface area contributed by atoms with Gasteiger partial charge in [0.1, 0.15) is 16.7 Å². The molecule has 0 unspecified atom stereocenters. The number of hydrogen-bond donors (Lipinski definition) is 2. The molecule has 0 amide bonds. The molecule has 740 valence electrons. The number of aromatic amines is 1. The predicted octanol–water partition coefficient (Wildman–Crippen LogP) is 46.8. The van der Waals surface area contributed by atoms with E-state index in [9.17, 15) is 4.39 Å². The smallest absolute Gasteiger partial charge is 0.134 e. The summed E-state index contributed by atoms with van der Waals surface area (Å²) in [6, 6.07) is 112. The van der Waals surface area contributed by atoms with Crippen molar-refractivity contribution >= 4 is 324 Å². The number of hydrogen-bond acceptors (Lipinski definition) is 9. The van der Waals surface area contributed by atoms with Gasteiger partial charge in [0, 0.05) is 104 Å². The Kier molecular flexibility index (Phi) is 46.3. The number of pyridine rings is 1. The number of nitrogens with one attached hydrogen (secondary N) is 1. The second kappa shape index (κ2) is 58.1. The third-order valence-corrected chi connectivity index (χ3v) is 31.7. The molecule has 0 bridgehead atoms. The Labute approximate surface area is 936 Å². The molecule has 0 atom stereocenters. The highest BCUT2D eigenvalue weighted by atomic mass is 79.9. The maximum Gasteiger partial charge on any atom is 0.134 e. The van der Waals surface area contributed by atoms with Gasteiger partial charge in [0.25, 0.3) is 0 Å². The lowest BCUT2D eigenvalue weighted by Crippen LogP contribution is -1.77. The first kappa shape index (κ1) is 115. The fourth-order valence-electron chi connectivity index (χ4n) is 14.4. The molecular weight excluding hydrogens is 2200 g/mol. The number of nitrogens with zero attached hydrogens (tertiary/aromatic N) is 1. The minimum absolute atomic E-state index is 0.127. The summed E-state index contributed by atoms with van der Waals surface area (Å²) < 4.78 is 20.7. The molecule has 14 aromatic carbocycles. The standard InChI is InChI=1S/C11H9Br.C11H9Cl.C11H9F.C11H10.C10H9ClS.C9H8ClN.C9H9ClO.C9H7ClS2.2C9H7ClS.C9H9Cl.C8H6ClNS.C7H7ClS/c3*1-8-2-3-10-7-11(12)5-4-9(10)6-8;1-9-6-7-10-4-2-3-5-11(10)8-9;1-6-7(2)12-10-4-3-8(11)5-9(6)10;1-6-4-7-5-8(10)2-3-9(7)11-6;1-2-3-7-4-5-8(10)9(11)6-7;1-6-2-3-7(11-6)8-4-5-9(10)12-8;1-6-4-7-5-8(10)2-3-9(7)11-6;1-6-4-7-2-3-8(10)5-9(7)11-6;1-2-3-8-4-6-9(10)7-5-8;1-5-4-6-7(11-5)2-3-8(9)10-6;1-2-3-6-4-5-7(8)9-6/h3*2-7H,1H3;2-8H,1H3;3-5H,1-2H3;2-5,11H,1H3;2-6,11H,1H3;2-5H,1H3;2*2-5H,1H3;2-7H,1H3;2-4H,1H3;2-5H,1H3/b;;;;;;3-2+;;;;3-2+;;3-2+. The van der Waals surface area contributed by atoms with E-state index < -0.39 is 0 Å². The maximum absolute atomic E-state index is 12.7.